The highest BCUT2D eigenvalue weighted by Crippen LogP contribution is 2.32. The maximum absolute atomic E-state index is 5.14. The third-order valence-corrected chi connectivity index (χ3v) is 2.58. The smallest absolute Gasteiger partial charge is 0.165 e. The fourth-order valence-corrected chi connectivity index (χ4v) is 1.94. The molecule has 0 unspecified atom stereocenters. The van der Waals surface area contributed by atoms with E-state index in [2.05, 4.69) is 20.9 Å². The first-order chi connectivity index (χ1) is 5.29. The van der Waals surface area contributed by atoms with Crippen molar-refractivity contribution in [1.82, 2.24) is 4.98 Å². The standard InChI is InChI=1S/C7H8BrNOS/c1-10-6-5(11-2)3-4-9-7(6)8/h3-4H,1-2H3. The number of pyridine rings is 1. The van der Waals surface area contributed by atoms with E-state index in [0.29, 0.717) is 0 Å². The van der Waals surface area contributed by atoms with E-state index in [1.54, 1.807) is 25.1 Å². The Labute approximate surface area is 78.5 Å². The summed E-state index contributed by atoms with van der Waals surface area (Å²) < 4.78 is 5.89. The highest BCUT2D eigenvalue weighted by molar-refractivity contribution is 9.10. The molecule has 0 amide bonds. The van der Waals surface area contributed by atoms with E-state index in [1.807, 2.05) is 12.3 Å². The molecular weight excluding hydrogens is 226 g/mol. The fraction of sp³-hybridized carbons (Fsp3) is 0.286. The van der Waals surface area contributed by atoms with Crippen molar-refractivity contribution in [3.05, 3.63) is 16.9 Å². The van der Waals surface area contributed by atoms with Gasteiger partial charge in [-0.2, -0.15) is 0 Å². The number of hydrogen-bond donors (Lipinski definition) is 0. The van der Waals surface area contributed by atoms with Crippen LogP contribution in [0.25, 0.3) is 0 Å². The van der Waals surface area contributed by atoms with Gasteiger partial charge >= 0.3 is 0 Å². The number of hydrogen-bond acceptors (Lipinski definition) is 3. The van der Waals surface area contributed by atoms with Gasteiger partial charge in [-0.05, 0) is 28.3 Å². The normalized spacial score (nSPS) is 9.73. The zero-order chi connectivity index (χ0) is 8.27. The van der Waals surface area contributed by atoms with Crippen LogP contribution in [-0.4, -0.2) is 18.3 Å². The second kappa shape index (κ2) is 3.97. The lowest BCUT2D eigenvalue weighted by atomic mass is 10.5. The number of rotatable bonds is 2. The number of thioether (sulfide) groups is 1. The van der Waals surface area contributed by atoms with Crippen molar-refractivity contribution in [3.63, 3.8) is 0 Å². The van der Waals surface area contributed by atoms with Gasteiger partial charge in [-0.1, -0.05) is 0 Å². The predicted molar refractivity (Wildman–Crippen MR) is 50.3 cm³/mol. The minimum absolute atomic E-state index is 0.756. The van der Waals surface area contributed by atoms with Gasteiger partial charge in [0.25, 0.3) is 0 Å². The highest BCUT2D eigenvalue weighted by atomic mass is 79.9. The number of methoxy groups -OCH3 is 1. The maximum atomic E-state index is 5.14. The quantitative estimate of drug-likeness (QED) is 0.580. The van der Waals surface area contributed by atoms with Crippen LogP contribution in [0.5, 0.6) is 5.75 Å². The third kappa shape index (κ3) is 1.87. The van der Waals surface area contributed by atoms with E-state index in [-0.39, 0.29) is 0 Å². The van der Waals surface area contributed by atoms with Gasteiger partial charge in [-0.25, -0.2) is 4.98 Å². The number of aromatic nitrogens is 1. The molecule has 0 fully saturated rings. The zero-order valence-electron chi connectivity index (χ0n) is 6.30. The molecule has 0 N–H and O–H groups in total. The Morgan fingerprint density at radius 3 is 2.82 bits per heavy atom. The number of nitrogens with zero attached hydrogens (tertiary/aromatic N) is 1. The molecule has 0 atom stereocenters. The lowest BCUT2D eigenvalue weighted by molar-refractivity contribution is 0.399. The summed E-state index contributed by atoms with van der Waals surface area (Å²) in [5.74, 6) is 0.806. The summed E-state index contributed by atoms with van der Waals surface area (Å²) in [6.07, 6.45) is 3.75. The van der Waals surface area contributed by atoms with Gasteiger partial charge < -0.3 is 4.74 Å². The lowest BCUT2D eigenvalue weighted by Gasteiger charge is -2.05. The van der Waals surface area contributed by atoms with Crippen molar-refractivity contribution in [3.8, 4) is 5.75 Å². The summed E-state index contributed by atoms with van der Waals surface area (Å²) in [7, 11) is 1.64. The molecule has 0 saturated heterocycles. The molecular formula is C7H8BrNOS. The van der Waals surface area contributed by atoms with Crippen LogP contribution in [0.4, 0.5) is 0 Å². The van der Waals surface area contributed by atoms with E-state index in [0.717, 1.165) is 15.2 Å². The predicted octanol–water partition coefficient (Wildman–Crippen LogP) is 2.57. The molecule has 1 heterocycles. The Balaban J connectivity index is 3.13. The second-order valence-corrected chi connectivity index (χ2v) is 3.44. The van der Waals surface area contributed by atoms with Crippen molar-refractivity contribution >= 4 is 27.7 Å². The molecule has 0 radical (unpaired) electrons. The van der Waals surface area contributed by atoms with Crippen molar-refractivity contribution in [2.75, 3.05) is 13.4 Å². The molecule has 2 nitrogen and oxygen atoms in total. The molecule has 0 bridgehead atoms. The minimum atomic E-state index is 0.756. The van der Waals surface area contributed by atoms with Crippen LogP contribution in [-0.2, 0) is 0 Å². The number of ether oxygens (including phenoxy) is 1. The first kappa shape index (κ1) is 8.87. The van der Waals surface area contributed by atoms with Crippen LogP contribution >= 0.6 is 27.7 Å². The van der Waals surface area contributed by atoms with Crippen LogP contribution < -0.4 is 4.74 Å². The Bertz CT molecular complexity index is 254. The molecule has 0 saturated carbocycles. The second-order valence-electron chi connectivity index (χ2n) is 1.84. The van der Waals surface area contributed by atoms with Crippen LogP contribution in [0.15, 0.2) is 21.8 Å². The van der Waals surface area contributed by atoms with Gasteiger partial charge in [0.15, 0.2) is 5.75 Å². The molecule has 0 aliphatic heterocycles. The third-order valence-electron chi connectivity index (χ3n) is 1.25. The summed E-state index contributed by atoms with van der Waals surface area (Å²) in [6.45, 7) is 0. The SMILES string of the molecule is COc1c(SC)ccnc1Br. The van der Waals surface area contributed by atoms with Gasteiger partial charge in [0, 0.05) is 6.20 Å². The van der Waals surface area contributed by atoms with Gasteiger partial charge in [-0.3, -0.25) is 0 Å². The average molecular weight is 234 g/mol. The molecule has 1 rings (SSSR count). The highest BCUT2D eigenvalue weighted by Gasteiger charge is 2.05. The number of halogens is 1. The molecule has 0 aromatic carbocycles. The van der Waals surface area contributed by atoms with Gasteiger partial charge in [0.1, 0.15) is 4.60 Å². The van der Waals surface area contributed by atoms with Crippen LogP contribution in [0.2, 0.25) is 0 Å². The molecule has 0 aliphatic carbocycles. The summed E-state index contributed by atoms with van der Waals surface area (Å²) in [5, 5.41) is 0. The molecule has 1 aromatic heterocycles. The molecule has 60 valence electrons. The van der Waals surface area contributed by atoms with Crippen molar-refractivity contribution in [2.24, 2.45) is 0 Å². The summed E-state index contributed by atoms with van der Waals surface area (Å²) in [6, 6.07) is 1.92. The van der Waals surface area contributed by atoms with E-state index >= 15 is 0 Å². The Morgan fingerprint density at radius 1 is 1.64 bits per heavy atom. The van der Waals surface area contributed by atoms with Gasteiger partial charge in [0.05, 0.1) is 12.0 Å². The first-order valence-corrected chi connectivity index (χ1v) is 5.04. The monoisotopic (exact) mass is 233 g/mol. The summed E-state index contributed by atoms with van der Waals surface area (Å²) in [5.41, 5.74) is 0. The Kier molecular flexibility index (Phi) is 3.20. The van der Waals surface area contributed by atoms with Crippen LogP contribution in [0, 0.1) is 0 Å². The maximum Gasteiger partial charge on any atom is 0.165 e. The van der Waals surface area contributed by atoms with E-state index in [9.17, 15) is 0 Å². The summed E-state index contributed by atoms with van der Waals surface area (Å²) >= 11 is 4.94. The van der Waals surface area contributed by atoms with E-state index < -0.39 is 0 Å². The molecule has 4 heteroatoms. The average Bonchev–Trinajstić information content (AvgIpc) is 2.04. The molecule has 1 aromatic rings. The van der Waals surface area contributed by atoms with Gasteiger partial charge in [0.2, 0.25) is 0 Å². The largest absolute Gasteiger partial charge is 0.493 e. The van der Waals surface area contributed by atoms with E-state index in [4.69, 9.17) is 4.74 Å². The van der Waals surface area contributed by atoms with E-state index in [1.165, 1.54) is 0 Å². The molecule has 0 spiro atoms. The first-order valence-electron chi connectivity index (χ1n) is 3.02. The van der Waals surface area contributed by atoms with Crippen LogP contribution in [0.1, 0.15) is 0 Å². The summed E-state index contributed by atoms with van der Waals surface area (Å²) in [4.78, 5) is 5.13. The fourth-order valence-electron chi connectivity index (χ4n) is 0.752. The lowest BCUT2D eigenvalue weighted by Crippen LogP contribution is -1.88. The Morgan fingerprint density at radius 2 is 2.36 bits per heavy atom. The molecule has 11 heavy (non-hydrogen) atoms. The zero-order valence-corrected chi connectivity index (χ0v) is 8.70. The van der Waals surface area contributed by atoms with Gasteiger partial charge in [-0.15, -0.1) is 11.8 Å². The van der Waals surface area contributed by atoms with Crippen molar-refractivity contribution in [1.29, 1.82) is 0 Å². The van der Waals surface area contributed by atoms with Crippen LogP contribution in [0.3, 0.4) is 0 Å². The van der Waals surface area contributed by atoms with Crippen molar-refractivity contribution < 1.29 is 4.74 Å². The minimum Gasteiger partial charge on any atom is -0.493 e. The topological polar surface area (TPSA) is 22.1 Å². The molecule has 0 aliphatic rings. The van der Waals surface area contributed by atoms with Crippen molar-refractivity contribution in [2.45, 2.75) is 4.90 Å². The Hall–Kier alpha value is -0.220.